The molecule has 0 aliphatic heterocycles. The van der Waals surface area contributed by atoms with Crippen LogP contribution in [-0.4, -0.2) is 12.0 Å². The molecule has 2 rings (SSSR count). The maximum atomic E-state index is 4.34. The molecule has 0 spiro atoms. The van der Waals surface area contributed by atoms with E-state index in [9.17, 15) is 0 Å². The van der Waals surface area contributed by atoms with Gasteiger partial charge in [0.25, 0.3) is 0 Å². The van der Waals surface area contributed by atoms with Gasteiger partial charge in [0, 0.05) is 18.4 Å². The fraction of sp³-hybridized carbons (Fsp3) is 0.688. The fourth-order valence-corrected chi connectivity index (χ4v) is 3.31. The third kappa shape index (κ3) is 2.92. The average molecular weight is 246 g/mol. The highest BCUT2D eigenvalue weighted by Gasteiger charge is 2.30. The maximum absolute atomic E-state index is 4.34. The van der Waals surface area contributed by atoms with Crippen LogP contribution >= 0.6 is 0 Å². The van der Waals surface area contributed by atoms with E-state index in [2.05, 4.69) is 44.2 Å². The highest BCUT2D eigenvalue weighted by atomic mass is 14.9. The largest absolute Gasteiger partial charge is 0.313 e. The van der Waals surface area contributed by atoms with Crippen LogP contribution in [-0.2, 0) is 0 Å². The Morgan fingerprint density at radius 3 is 2.61 bits per heavy atom. The van der Waals surface area contributed by atoms with Crippen molar-refractivity contribution in [3.63, 3.8) is 0 Å². The van der Waals surface area contributed by atoms with Crippen molar-refractivity contribution in [1.82, 2.24) is 10.3 Å². The molecule has 1 heterocycles. The first kappa shape index (κ1) is 13.5. The molecular weight excluding hydrogens is 220 g/mol. The van der Waals surface area contributed by atoms with Gasteiger partial charge in [0.05, 0.1) is 0 Å². The Kier molecular flexibility index (Phi) is 4.39. The van der Waals surface area contributed by atoms with Crippen molar-refractivity contribution in [2.75, 3.05) is 7.05 Å². The van der Waals surface area contributed by atoms with Crippen LogP contribution in [0.3, 0.4) is 0 Å². The molecule has 0 amide bonds. The Labute approximate surface area is 111 Å². The van der Waals surface area contributed by atoms with Gasteiger partial charge in [-0.1, -0.05) is 26.3 Å². The monoisotopic (exact) mass is 246 g/mol. The van der Waals surface area contributed by atoms with E-state index in [1.807, 2.05) is 12.4 Å². The molecule has 1 aliphatic rings. The minimum absolute atomic E-state index is 0.465. The minimum atomic E-state index is 0.465. The van der Waals surface area contributed by atoms with Crippen molar-refractivity contribution in [2.24, 2.45) is 17.8 Å². The maximum Gasteiger partial charge on any atom is 0.0361 e. The number of nitrogens with zero attached hydrogens (tertiary/aromatic N) is 1. The Bertz CT molecular complexity index is 388. The normalized spacial score (nSPS) is 30.1. The van der Waals surface area contributed by atoms with Crippen molar-refractivity contribution in [2.45, 2.75) is 46.1 Å². The molecule has 1 aliphatic carbocycles. The standard InChI is InChI=1S/C16H26N2/c1-11-7-15(10-18-9-11)16(17-4)14-6-5-12(2)13(3)8-14/h7,9-10,12-14,16-17H,5-6,8H2,1-4H3. The Morgan fingerprint density at radius 2 is 2.00 bits per heavy atom. The van der Waals surface area contributed by atoms with E-state index in [4.69, 9.17) is 0 Å². The molecule has 1 aromatic heterocycles. The summed E-state index contributed by atoms with van der Waals surface area (Å²) in [5.74, 6) is 2.48. The number of hydrogen-bond donors (Lipinski definition) is 1. The van der Waals surface area contributed by atoms with Gasteiger partial charge in [-0.2, -0.15) is 0 Å². The molecule has 0 radical (unpaired) electrons. The van der Waals surface area contributed by atoms with Crippen LogP contribution in [0.25, 0.3) is 0 Å². The predicted molar refractivity (Wildman–Crippen MR) is 76.4 cm³/mol. The van der Waals surface area contributed by atoms with Crippen molar-refractivity contribution in [1.29, 1.82) is 0 Å². The summed E-state index contributed by atoms with van der Waals surface area (Å²) in [6.07, 6.45) is 7.99. The summed E-state index contributed by atoms with van der Waals surface area (Å²) in [7, 11) is 2.08. The molecule has 1 aromatic rings. The molecule has 2 heteroatoms. The molecule has 0 aromatic carbocycles. The van der Waals surface area contributed by atoms with Gasteiger partial charge >= 0.3 is 0 Å². The highest BCUT2D eigenvalue weighted by Crippen LogP contribution is 2.39. The van der Waals surface area contributed by atoms with Crippen LogP contribution in [0.15, 0.2) is 18.5 Å². The van der Waals surface area contributed by atoms with E-state index in [-0.39, 0.29) is 0 Å². The van der Waals surface area contributed by atoms with E-state index >= 15 is 0 Å². The summed E-state index contributed by atoms with van der Waals surface area (Å²) in [5.41, 5.74) is 2.61. The van der Waals surface area contributed by atoms with E-state index in [0.29, 0.717) is 6.04 Å². The lowest BCUT2D eigenvalue weighted by Gasteiger charge is -2.36. The molecule has 1 fully saturated rings. The molecule has 100 valence electrons. The van der Waals surface area contributed by atoms with Gasteiger partial charge in [-0.05, 0) is 55.7 Å². The Balaban J connectivity index is 2.14. The zero-order chi connectivity index (χ0) is 13.1. The Hall–Kier alpha value is -0.890. The van der Waals surface area contributed by atoms with Gasteiger partial charge in [-0.3, -0.25) is 4.98 Å². The molecule has 1 saturated carbocycles. The summed E-state index contributed by atoms with van der Waals surface area (Å²) in [5, 5.41) is 3.51. The van der Waals surface area contributed by atoms with E-state index in [1.165, 1.54) is 30.4 Å². The first-order valence-electron chi connectivity index (χ1n) is 7.20. The Morgan fingerprint density at radius 1 is 1.22 bits per heavy atom. The van der Waals surface area contributed by atoms with E-state index in [1.54, 1.807) is 0 Å². The van der Waals surface area contributed by atoms with Crippen LogP contribution in [0.2, 0.25) is 0 Å². The number of aryl methyl sites for hydroxylation is 1. The lowest BCUT2D eigenvalue weighted by Crippen LogP contribution is -2.31. The number of aromatic nitrogens is 1. The van der Waals surface area contributed by atoms with Crippen LogP contribution in [0.4, 0.5) is 0 Å². The number of rotatable bonds is 3. The summed E-state index contributed by atoms with van der Waals surface area (Å²) in [6, 6.07) is 2.74. The lowest BCUT2D eigenvalue weighted by molar-refractivity contribution is 0.174. The fourth-order valence-electron chi connectivity index (χ4n) is 3.31. The van der Waals surface area contributed by atoms with Gasteiger partial charge in [0.15, 0.2) is 0 Å². The number of pyridine rings is 1. The topological polar surface area (TPSA) is 24.9 Å². The lowest BCUT2D eigenvalue weighted by atomic mass is 9.72. The molecule has 0 bridgehead atoms. The van der Waals surface area contributed by atoms with Crippen LogP contribution in [0, 0.1) is 24.7 Å². The van der Waals surface area contributed by atoms with Crippen LogP contribution < -0.4 is 5.32 Å². The molecule has 18 heavy (non-hydrogen) atoms. The van der Waals surface area contributed by atoms with Crippen LogP contribution in [0.1, 0.15) is 50.3 Å². The van der Waals surface area contributed by atoms with E-state index in [0.717, 1.165) is 17.8 Å². The molecule has 1 N–H and O–H groups in total. The predicted octanol–water partition coefficient (Wildman–Crippen LogP) is 3.72. The van der Waals surface area contributed by atoms with E-state index < -0.39 is 0 Å². The van der Waals surface area contributed by atoms with Gasteiger partial charge in [-0.25, -0.2) is 0 Å². The molecular formula is C16H26N2. The van der Waals surface area contributed by atoms with Crippen LogP contribution in [0.5, 0.6) is 0 Å². The molecule has 0 saturated heterocycles. The SMILES string of the molecule is CNC(c1cncc(C)c1)C1CCC(C)C(C)C1. The smallest absolute Gasteiger partial charge is 0.0361 e. The van der Waals surface area contributed by atoms with Crippen molar-refractivity contribution >= 4 is 0 Å². The summed E-state index contributed by atoms with van der Waals surface area (Å²) in [4.78, 5) is 4.34. The van der Waals surface area contributed by atoms with Crippen molar-refractivity contribution in [3.8, 4) is 0 Å². The average Bonchev–Trinajstić information content (AvgIpc) is 2.35. The third-order valence-corrected chi connectivity index (χ3v) is 4.68. The van der Waals surface area contributed by atoms with Gasteiger partial charge in [0.2, 0.25) is 0 Å². The number of hydrogen-bond acceptors (Lipinski definition) is 2. The van der Waals surface area contributed by atoms with Crippen molar-refractivity contribution in [3.05, 3.63) is 29.6 Å². The van der Waals surface area contributed by atoms with Gasteiger partial charge in [0.1, 0.15) is 0 Å². The second kappa shape index (κ2) is 5.83. The first-order valence-corrected chi connectivity index (χ1v) is 7.20. The first-order chi connectivity index (χ1) is 8.61. The minimum Gasteiger partial charge on any atom is -0.313 e. The summed E-state index contributed by atoms with van der Waals surface area (Å²) < 4.78 is 0. The summed E-state index contributed by atoms with van der Waals surface area (Å²) in [6.45, 7) is 6.91. The van der Waals surface area contributed by atoms with Gasteiger partial charge in [-0.15, -0.1) is 0 Å². The summed E-state index contributed by atoms with van der Waals surface area (Å²) >= 11 is 0. The molecule has 4 atom stereocenters. The molecule has 2 nitrogen and oxygen atoms in total. The zero-order valence-corrected chi connectivity index (χ0v) is 12.1. The zero-order valence-electron chi connectivity index (χ0n) is 12.1. The second-order valence-corrected chi connectivity index (χ2v) is 6.09. The number of nitrogens with one attached hydrogen (secondary N) is 1. The third-order valence-electron chi connectivity index (χ3n) is 4.68. The van der Waals surface area contributed by atoms with Crippen molar-refractivity contribution < 1.29 is 0 Å². The van der Waals surface area contributed by atoms with Gasteiger partial charge < -0.3 is 5.32 Å². The quantitative estimate of drug-likeness (QED) is 0.879. The highest BCUT2D eigenvalue weighted by molar-refractivity contribution is 5.21. The molecule has 4 unspecified atom stereocenters. The second-order valence-electron chi connectivity index (χ2n) is 6.09.